The lowest BCUT2D eigenvalue weighted by Crippen LogP contribution is -2.58. The van der Waals surface area contributed by atoms with Gasteiger partial charge < -0.3 is 9.84 Å². The molecule has 0 aromatic rings. The van der Waals surface area contributed by atoms with Crippen molar-refractivity contribution in [2.75, 3.05) is 0 Å². The van der Waals surface area contributed by atoms with Crippen LogP contribution in [0, 0.1) is 28.6 Å². The monoisotopic (exact) mass is 304 g/mol. The lowest BCUT2D eigenvalue weighted by molar-refractivity contribution is -0.133. The Morgan fingerprint density at radius 2 is 1.86 bits per heavy atom. The van der Waals surface area contributed by atoms with Gasteiger partial charge in [-0.25, -0.2) is 0 Å². The van der Waals surface area contributed by atoms with E-state index in [1.807, 2.05) is 0 Å². The first-order chi connectivity index (χ1) is 10.4. The Morgan fingerprint density at radius 1 is 1.05 bits per heavy atom. The number of rotatable bonds is 0. The molecule has 4 aliphatic carbocycles. The number of fused-ring (bicyclic) bond motifs is 4. The van der Waals surface area contributed by atoms with E-state index in [4.69, 9.17) is 4.74 Å². The third kappa shape index (κ3) is 1.36. The number of carbonyl (C=O) groups excluding carboxylic acids is 1. The summed E-state index contributed by atoms with van der Waals surface area (Å²) in [6, 6.07) is 0. The highest BCUT2D eigenvalue weighted by atomic mass is 16.6. The van der Waals surface area contributed by atoms with E-state index in [2.05, 4.69) is 13.8 Å². The molecule has 5 fully saturated rings. The van der Waals surface area contributed by atoms with E-state index in [1.165, 1.54) is 19.3 Å². The maximum atomic E-state index is 12.1. The summed E-state index contributed by atoms with van der Waals surface area (Å²) in [5, 5.41) is 10.5. The highest BCUT2D eigenvalue weighted by Crippen LogP contribution is 2.72. The number of aliphatic hydroxyl groups is 1. The summed E-state index contributed by atoms with van der Waals surface area (Å²) in [5.41, 5.74) is 0.244. The molecule has 0 amide bonds. The van der Waals surface area contributed by atoms with Crippen molar-refractivity contribution in [1.82, 2.24) is 0 Å². The van der Waals surface area contributed by atoms with Crippen LogP contribution in [0.2, 0.25) is 0 Å². The molecular weight excluding hydrogens is 276 g/mol. The van der Waals surface area contributed by atoms with Crippen LogP contribution in [0.1, 0.15) is 65.2 Å². The minimum atomic E-state index is -0.103. The van der Waals surface area contributed by atoms with E-state index in [9.17, 15) is 9.90 Å². The van der Waals surface area contributed by atoms with Gasteiger partial charge in [-0.1, -0.05) is 13.8 Å². The van der Waals surface area contributed by atoms with Gasteiger partial charge in [0.05, 0.1) is 6.10 Å². The molecule has 8 atom stereocenters. The van der Waals surface area contributed by atoms with Gasteiger partial charge in [0, 0.05) is 11.8 Å². The van der Waals surface area contributed by atoms with Crippen molar-refractivity contribution in [3.8, 4) is 0 Å². The van der Waals surface area contributed by atoms with E-state index in [0.29, 0.717) is 17.6 Å². The van der Waals surface area contributed by atoms with Crippen LogP contribution in [0.25, 0.3) is 0 Å². The van der Waals surface area contributed by atoms with Gasteiger partial charge in [0.2, 0.25) is 0 Å². The first-order valence-corrected chi connectivity index (χ1v) is 9.31. The predicted molar refractivity (Wildman–Crippen MR) is 82.2 cm³/mol. The van der Waals surface area contributed by atoms with Crippen LogP contribution in [0.5, 0.6) is 0 Å². The zero-order chi connectivity index (χ0) is 15.3. The summed E-state index contributed by atoms with van der Waals surface area (Å²) in [7, 11) is 0. The molecule has 3 heteroatoms. The minimum Gasteiger partial charge on any atom is -0.393 e. The molecule has 5 rings (SSSR count). The van der Waals surface area contributed by atoms with Crippen LogP contribution in [0.3, 0.4) is 0 Å². The van der Waals surface area contributed by atoms with Gasteiger partial charge in [-0.3, -0.25) is 4.79 Å². The van der Waals surface area contributed by atoms with E-state index < -0.39 is 0 Å². The summed E-state index contributed by atoms with van der Waals surface area (Å²) in [6.07, 6.45) is 8.42. The largest absolute Gasteiger partial charge is 0.393 e. The molecule has 0 aromatic carbocycles. The second-order valence-electron chi connectivity index (χ2n) is 9.32. The van der Waals surface area contributed by atoms with E-state index in [1.54, 1.807) is 0 Å². The summed E-state index contributed by atoms with van der Waals surface area (Å²) >= 11 is 0. The van der Waals surface area contributed by atoms with Crippen molar-refractivity contribution >= 4 is 5.78 Å². The Hall–Kier alpha value is -0.410. The van der Waals surface area contributed by atoms with Crippen LogP contribution >= 0.6 is 0 Å². The molecule has 0 radical (unpaired) electrons. The Balaban J connectivity index is 1.51. The molecule has 1 spiro atoms. The van der Waals surface area contributed by atoms with E-state index in [0.717, 1.165) is 38.0 Å². The molecule has 3 nitrogen and oxygen atoms in total. The van der Waals surface area contributed by atoms with Gasteiger partial charge in [-0.15, -0.1) is 0 Å². The van der Waals surface area contributed by atoms with Crippen LogP contribution in [0.4, 0.5) is 0 Å². The van der Waals surface area contributed by atoms with Crippen molar-refractivity contribution in [1.29, 1.82) is 0 Å². The second-order valence-corrected chi connectivity index (χ2v) is 9.32. The quantitative estimate of drug-likeness (QED) is 0.700. The Bertz CT molecular complexity index is 545. The number of Topliss-reactive ketones (excluding diaryl/α,β-unsaturated/α-hetero) is 1. The first kappa shape index (κ1) is 14.0. The fraction of sp³-hybridized carbons (Fsp3) is 0.947. The standard InChI is InChI=1S/C19H28O3/c1-17-8-6-13-11(12(17)3-4-15(17)21)5-10-19-16(22-19)14(20)7-9-18(13,19)2/h11-13,15-16,21H,3-10H2,1-2H3/t11-,12-,13+,15?,16?,17-,18+,19?/m0/s1. The number of aliphatic hydroxyl groups excluding tert-OH is 1. The molecule has 4 saturated carbocycles. The Morgan fingerprint density at radius 3 is 2.68 bits per heavy atom. The van der Waals surface area contributed by atoms with Gasteiger partial charge >= 0.3 is 0 Å². The molecule has 1 N–H and O–H groups in total. The van der Waals surface area contributed by atoms with Crippen molar-refractivity contribution in [3.63, 3.8) is 0 Å². The molecule has 3 unspecified atom stereocenters. The fourth-order valence-corrected chi connectivity index (χ4v) is 7.47. The maximum absolute atomic E-state index is 12.1. The van der Waals surface area contributed by atoms with Crippen LogP contribution in [-0.2, 0) is 9.53 Å². The van der Waals surface area contributed by atoms with Crippen LogP contribution in [-0.4, -0.2) is 28.7 Å². The summed E-state index contributed by atoms with van der Waals surface area (Å²) in [5.74, 6) is 2.48. The fourth-order valence-electron chi connectivity index (χ4n) is 7.47. The highest BCUT2D eigenvalue weighted by molar-refractivity contribution is 5.88. The average Bonchev–Trinajstić information content (AvgIpc) is 3.17. The molecule has 1 aliphatic heterocycles. The van der Waals surface area contributed by atoms with Crippen LogP contribution in [0.15, 0.2) is 0 Å². The van der Waals surface area contributed by atoms with Crippen LogP contribution < -0.4 is 0 Å². The van der Waals surface area contributed by atoms with Crippen molar-refractivity contribution in [2.45, 2.75) is 83.0 Å². The molecule has 0 bridgehead atoms. The Labute approximate surface area is 132 Å². The third-order valence-electron chi connectivity index (χ3n) is 8.90. The summed E-state index contributed by atoms with van der Waals surface area (Å²) < 4.78 is 6.09. The molecule has 0 aromatic heterocycles. The molecule has 5 aliphatic rings. The number of epoxide rings is 1. The van der Waals surface area contributed by atoms with Crippen molar-refractivity contribution in [3.05, 3.63) is 0 Å². The highest BCUT2D eigenvalue weighted by Gasteiger charge is 2.76. The lowest BCUT2D eigenvalue weighted by atomic mass is 9.45. The maximum Gasteiger partial charge on any atom is 0.164 e. The van der Waals surface area contributed by atoms with Crippen molar-refractivity contribution in [2.24, 2.45) is 28.6 Å². The summed E-state index contributed by atoms with van der Waals surface area (Å²) in [4.78, 5) is 12.1. The molecule has 1 saturated heterocycles. The Kier molecular flexibility index (Phi) is 2.52. The number of hydrogen-bond donors (Lipinski definition) is 1. The van der Waals surface area contributed by atoms with Gasteiger partial charge in [0.1, 0.15) is 11.7 Å². The zero-order valence-corrected chi connectivity index (χ0v) is 13.8. The van der Waals surface area contributed by atoms with Gasteiger partial charge in [0.15, 0.2) is 5.78 Å². The molecule has 122 valence electrons. The molecular formula is C19H28O3. The second kappa shape index (κ2) is 3.97. The SMILES string of the molecule is C[C@]12CC[C@@H]3[C@@H](CCC45OC4C(=O)CC[C@]35C)[C@@H]1CCC2O. The third-order valence-corrected chi connectivity index (χ3v) is 8.90. The van der Waals surface area contributed by atoms with E-state index >= 15 is 0 Å². The number of ether oxygens (including phenoxy) is 1. The zero-order valence-electron chi connectivity index (χ0n) is 13.8. The lowest BCUT2D eigenvalue weighted by Gasteiger charge is -2.59. The minimum absolute atomic E-state index is 0.0744. The smallest absolute Gasteiger partial charge is 0.164 e. The van der Waals surface area contributed by atoms with Gasteiger partial charge in [-0.05, 0) is 68.1 Å². The topological polar surface area (TPSA) is 49.8 Å². The molecule has 22 heavy (non-hydrogen) atoms. The number of ketones is 1. The molecule has 1 heterocycles. The van der Waals surface area contributed by atoms with Crippen molar-refractivity contribution < 1.29 is 14.6 Å². The summed E-state index contributed by atoms with van der Waals surface area (Å²) in [6.45, 7) is 4.75. The number of hydrogen-bond acceptors (Lipinski definition) is 3. The predicted octanol–water partition coefficient (Wildman–Crippen LogP) is 3.09. The first-order valence-electron chi connectivity index (χ1n) is 9.31. The average molecular weight is 304 g/mol. The normalized spacial score (nSPS) is 62.7. The van der Waals surface area contributed by atoms with Gasteiger partial charge in [-0.2, -0.15) is 0 Å². The van der Waals surface area contributed by atoms with E-state index in [-0.39, 0.29) is 28.6 Å². The number of carbonyl (C=O) groups is 1. The van der Waals surface area contributed by atoms with Gasteiger partial charge in [0.25, 0.3) is 0 Å².